The molecule has 0 saturated carbocycles. The molecule has 0 aliphatic rings. The minimum absolute atomic E-state index is 0.0629. The number of nitrogens with zero attached hydrogens (tertiary/aromatic N) is 3. The average Bonchev–Trinajstić information content (AvgIpc) is 3.19. The van der Waals surface area contributed by atoms with Crippen LogP contribution in [0.5, 0.6) is 0 Å². The average molecular weight is 350 g/mol. The number of aromatic nitrogens is 2. The number of hydrogen-bond donors (Lipinski definition) is 0. The van der Waals surface area contributed by atoms with Gasteiger partial charge in [-0.1, -0.05) is 22.9 Å². The highest BCUT2D eigenvalue weighted by atomic mass is 35.5. The van der Waals surface area contributed by atoms with Crippen molar-refractivity contribution in [1.82, 2.24) is 9.97 Å². The van der Waals surface area contributed by atoms with Crippen LogP contribution < -0.4 is 4.90 Å². The molecule has 0 bridgehead atoms. The number of halogens is 1. The van der Waals surface area contributed by atoms with Gasteiger partial charge in [0.05, 0.1) is 5.56 Å². The van der Waals surface area contributed by atoms with Crippen molar-refractivity contribution in [2.24, 2.45) is 0 Å². The van der Waals surface area contributed by atoms with Gasteiger partial charge in [-0.15, -0.1) is 0 Å². The molecule has 3 aromatic rings. The second-order valence-corrected chi connectivity index (χ2v) is 6.53. The van der Waals surface area contributed by atoms with Gasteiger partial charge in [0.25, 0.3) is 5.91 Å². The molecule has 3 heterocycles. The van der Waals surface area contributed by atoms with Crippen LogP contribution in [0.25, 0.3) is 10.6 Å². The Morgan fingerprint density at radius 2 is 2.27 bits per heavy atom. The third kappa shape index (κ3) is 2.90. The van der Waals surface area contributed by atoms with Crippen molar-refractivity contribution in [3.8, 4) is 10.6 Å². The second-order valence-electron chi connectivity index (χ2n) is 4.42. The molecule has 0 N–H and O–H groups in total. The maximum atomic E-state index is 12.6. The third-order valence-corrected chi connectivity index (χ3v) is 5.24. The van der Waals surface area contributed by atoms with E-state index in [1.165, 1.54) is 22.7 Å². The summed E-state index contributed by atoms with van der Waals surface area (Å²) < 4.78 is 0. The summed E-state index contributed by atoms with van der Waals surface area (Å²) in [4.78, 5) is 22.7. The number of thiazole rings is 1. The Kier molecular flexibility index (Phi) is 4.52. The number of amides is 1. The minimum Gasteiger partial charge on any atom is -0.297 e. The zero-order valence-corrected chi connectivity index (χ0v) is 14.1. The predicted molar refractivity (Wildman–Crippen MR) is 92.0 cm³/mol. The van der Waals surface area contributed by atoms with Crippen molar-refractivity contribution in [1.29, 1.82) is 0 Å². The van der Waals surface area contributed by atoms with Crippen molar-refractivity contribution in [2.45, 2.75) is 6.92 Å². The van der Waals surface area contributed by atoms with Crippen molar-refractivity contribution in [3.05, 3.63) is 52.1 Å². The van der Waals surface area contributed by atoms with E-state index in [2.05, 4.69) is 9.97 Å². The Labute approximate surface area is 141 Å². The quantitative estimate of drug-likeness (QED) is 0.692. The topological polar surface area (TPSA) is 46.1 Å². The molecular formula is C15H12ClN3OS2. The van der Waals surface area contributed by atoms with Gasteiger partial charge in [-0.05, 0) is 30.5 Å². The standard InChI is InChI=1S/C15H12ClN3OS2/c1-2-19(14(20)11-5-7-21-9-11)15-12(16)18-13(22-15)10-4-3-6-17-8-10/h3-9H,2H2,1H3. The van der Waals surface area contributed by atoms with Crippen LogP contribution in [0.15, 0.2) is 41.4 Å². The van der Waals surface area contributed by atoms with Gasteiger partial charge >= 0.3 is 0 Å². The monoisotopic (exact) mass is 349 g/mol. The Balaban J connectivity index is 1.97. The number of anilines is 1. The summed E-state index contributed by atoms with van der Waals surface area (Å²) in [6, 6.07) is 5.58. The second kappa shape index (κ2) is 6.56. The fraction of sp³-hybridized carbons (Fsp3) is 0.133. The number of hydrogen-bond acceptors (Lipinski definition) is 5. The van der Waals surface area contributed by atoms with Gasteiger partial charge in [0.2, 0.25) is 0 Å². The van der Waals surface area contributed by atoms with Gasteiger partial charge in [0.15, 0.2) is 5.15 Å². The zero-order valence-electron chi connectivity index (χ0n) is 11.7. The zero-order chi connectivity index (χ0) is 15.5. The molecule has 0 saturated heterocycles. The molecule has 3 aromatic heterocycles. The lowest BCUT2D eigenvalue weighted by Gasteiger charge is -2.18. The van der Waals surface area contributed by atoms with Gasteiger partial charge in [0, 0.05) is 29.9 Å². The first-order valence-electron chi connectivity index (χ1n) is 6.61. The molecular weight excluding hydrogens is 338 g/mol. The van der Waals surface area contributed by atoms with Crippen LogP contribution in [-0.2, 0) is 0 Å². The van der Waals surface area contributed by atoms with Gasteiger partial charge in [0.1, 0.15) is 10.0 Å². The van der Waals surface area contributed by atoms with Crippen molar-refractivity contribution >= 4 is 45.2 Å². The van der Waals surface area contributed by atoms with E-state index in [0.29, 0.717) is 22.3 Å². The first-order valence-corrected chi connectivity index (χ1v) is 8.75. The van der Waals surface area contributed by atoms with Crippen molar-refractivity contribution in [3.63, 3.8) is 0 Å². The van der Waals surface area contributed by atoms with Crippen molar-refractivity contribution < 1.29 is 4.79 Å². The van der Waals surface area contributed by atoms with Crippen LogP contribution in [0.1, 0.15) is 17.3 Å². The summed E-state index contributed by atoms with van der Waals surface area (Å²) in [6.07, 6.45) is 3.44. The van der Waals surface area contributed by atoms with Gasteiger partial charge < -0.3 is 0 Å². The predicted octanol–water partition coefficient (Wildman–Crippen LogP) is 4.59. The van der Waals surface area contributed by atoms with Gasteiger partial charge in [-0.2, -0.15) is 11.3 Å². The minimum atomic E-state index is -0.0629. The molecule has 0 radical (unpaired) electrons. The van der Waals surface area contributed by atoms with E-state index in [0.717, 1.165) is 10.6 Å². The van der Waals surface area contributed by atoms with Crippen LogP contribution in [0, 0.1) is 0 Å². The van der Waals surface area contributed by atoms with Gasteiger partial charge in [-0.3, -0.25) is 14.7 Å². The highest BCUT2D eigenvalue weighted by Crippen LogP contribution is 2.38. The molecule has 0 spiro atoms. The molecule has 22 heavy (non-hydrogen) atoms. The number of carbonyl (C=O) groups is 1. The van der Waals surface area contributed by atoms with Gasteiger partial charge in [-0.25, -0.2) is 4.98 Å². The number of thiophene rings is 1. The van der Waals surface area contributed by atoms with E-state index in [1.807, 2.05) is 35.9 Å². The largest absolute Gasteiger partial charge is 0.297 e. The Morgan fingerprint density at radius 1 is 1.41 bits per heavy atom. The summed E-state index contributed by atoms with van der Waals surface area (Å²) in [5.41, 5.74) is 1.55. The van der Waals surface area contributed by atoms with Crippen molar-refractivity contribution in [2.75, 3.05) is 11.4 Å². The van der Waals surface area contributed by atoms with Crippen LogP contribution in [-0.4, -0.2) is 22.4 Å². The van der Waals surface area contributed by atoms with Crippen LogP contribution >= 0.6 is 34.3 Å². The van der Waals surface area contributed by atoms with E-state index in [4.69, 9.17) is 11.6 Å². The maximum Gasteiger partial charge on any atom is 0.259 e. The molecule has 0 aliphatic heterocycles. The molecule has 112 valence electrons. The highest BCUT2D eigenvalue weighted by Gasteiger charge is 2.22. The van der Waals surface area contributed by atoms with E-state index >= 15 is 0 Å². The third-order valence-electron chi connectivity index (χ3n) is 3.05. The molecule has 0 fully saturated rings. The summed E-state index contributed by atoms with van der Waals surface area (Å²) in [5, 5.41) is 5.48. The van der Waals surface area contributed by atoms with Crippen LogP contribution in [0.2, 0.25) is 5.15 Å². The number of pyridine rings is 1. The lowest BCUT2D eigenvalue weighted by Crippen LogP contribution is -2.29. The van der Waals surface area contributed by atoms with E-state index in [-0.39, 0.29) is 5.91 Å². The molecule has 4 nitrogen and oxygen atoms in total. The smallest absolute Gasteiger partial charge is 0.259 e. The first-order chi connectivity index (χ1) is 10.7. The fourth-order valence-electron chi connectivity index (χ4n) is 1.99. The lowest BCUT2D eigenvalue weighted by molar-refractivity contribution is 0.0989. The van der Waals surface area contributed by atoms with E-state index in [1.54, 1.807) is 17.3 Å². The fourth-order valence-corrected chi connectivity index (χ4v) is 3.99. The van der Waals surface area contributed by atoms with Crippen LogP contribution in [0.4, 0.5) is 5.00 Å². The molecule has 0 aromatic carbocycles. The molecule has 0 atom stereocenters. The summed E-state index contributed by atoms with van der Waals surface area (Å²) in [7, 11) is 0. The Bertz CT molecular complexity index is 771. The van der Waals surface area contributed by atoms with E-state index in [9.17, 15) is 4.79 Å². The summed E-state index contributed by atoms with van der Waals surface area (Å²) >= 11 is 9.15. The first kappa shape index (κ1) is 15.1. The lowest BCUT2D eigenvalue weighted by atomic mass is 10.3. The maximum absolute atomic E-state index is 12.6. The van der Waals surface area contributed by atoms with E-state index < -0.39 is 0 Å². The molecule has 7 heteroatoms. The summed E-state index contributed by atoms with van der Waals surface area (Å²) in [5.74, 6) is -0.0629. The molecule has 3 rings (SSSR count). The van der Waals surface area contributed by atoms with Crippen LogP contribution in [0.3, 0.4) is 0 Å². The SMILES string of the molecule is CCN(C(=O)c1ccsc1)c1sc(-c2cccnc2)nc1Cl. The Hall–Kier alpha value is -1.76. The summed E-state index contributed by atoms with van der Waals surface area (Å²) in [6.45, 7) is 2.45. The molecule has 0 aliphatic carbocycles. The highest BCUT2D eigenvalue weighted by molar-refractivity contribution is 7.19. The molecule has 0 unspecified atom stereocenters. The normalized spacial score (nSPS) is 10.6. The number of rotatable bonds is 4. The molecule has 1 amide bonds. The number of carbonyl (C=O) groups excluding carboxylic acids is 1. The Morgan fingerprint density at radius 3 is 2.91 bits per heavy atom.